The fourth-order valence-corrected chi connectivity index (χ4v) is 1.33. The quantitative estimate of drug-likeness (QED) is 0.565. The highest BCUT2D eigenvalue weighted by atomic mass is 32.2. The van der Waals surface area contributed by atoms with E-state index in [0.29, 0.717) is 0 Å². The first-order valence-corrected chi connectivity index (χ1v) is 4.58. The van der Waals surface area contributed by atoms with Crippen LogP contribution in [-0.2, 0) is 10.7 Å². The number of rotatable bonds is 3. The van der Waals surface area contributed by atoms with Gasteiger partial charge in [-0.25, -0.2) is 8.42 Å². The number of hydrogen-bond acceptors (Lipinski definition) is 4. The SMILES string of the molecule is C=C(O)Oc1ccccc1[SH](=O)=O. The first-order chi connectivity index (χ1) is 6.11. The van der Waals surface area contributed by atoms with E-state index < -0.39 is 16.6 Å². The van der Waals surface area contributed by atoms with Gasteiger partial charge in [-0.15, -0.1) is 0 Å². The monoisotopic (exact) mass is 200 g/mol. The zero-order valence-corrected chi connectivity index (χ0v) is 7.53. The van der Waals surface area contributed by atoms with Gasteiger partial charge in [0.25, 0.3) is 5.95 Å². The van der Waals surface area contributed by atoms with E-state index in [0.717, 1.165) is 0 Å². The molecule has 0 atom stereocenters. The van der Waals surface area contributed by atoms with Crippen LogP contribution >= 0.6 is 0 Å². The second-order valence-corrected chi connectivity index (χ2v) is 3.22. The van der Waals surface area contributed by atoms with Crippen LogP contribution in [0.1, 0.15) is 0 Å². The van der Waals surface area contributed by atoms with Crippen LogP contribution in [0.5, 0.6) is 5.75 Å². The molecule has 0 aliphatic rings. The Morgan fingerprint density at radius 3 is 2.54 bits per heavy atom. The summed E-state index contributed by atoms with van der Waals surface area (Å²) in [6.45, 7) is 3.09. The second-order valence-electron chi connectivity index (χ2n) is 2.22. The molecule has 4 nitrogen and oxygen atoms in total. The molecule has 0 radical (unpaired) electrons. The van der Waals surface area contributed by atoms with Gasteiger partial charge >= 0.3 is 0 Å². The minimum Gasteiger partial charge on any atom is -0.481 e. The van der Waals surface area contributed by atoms with Crippen molar-refractivity contribution >= 4 is 10.7 Å². The summed E-state index contributed by atoms with van der Waals surface area (Å²) in [5, 5.41) is 8.70. The minimum atomic E-state index is -2.72. The van der Waals surface area contributed by atoms with Gasteiger partial charge in [-0.3, -0.25) is 0 Å². The van der Waals surface area contributed by atoms with Gasteiger partial charge in [0, 0.05) is 0 Å². The van der Waals surface area contributed by atoms with Gasteiger partial charge in [0.1, 0.15) is 10.6 Å². The molecule has 13 heavy (non-hydrogen) atoms. The van der Waals surface area contributed by atoms with Crippen LogP contribution in [-0.4, -0.2) is 13.5 Å². The van der Waals surface area contributed by atoms with Crippen LogP contribution in [0.15, 0.2) is 41.7 Å². The van der Waals surface area contributed by atoms with Crippen molar-refractivity contribution in [3.05, 3.63) is 36.8 Å². The first kappa shape index (κ1) is 9.60. The van der Waals surface area contributed by atoms with Crippen molar-refractivity contribution in [2.45, 2.75) is 4.90 Å². The smallest absolute Gasteiger partial charge is 0.274 e. The molecule has 0 saturated carbocycles. The van der Waals surface area contributed by atoms with E-state index in [4.69, 9.17) is 5.11 Å². The number of hydrogen-bond donors (Lipinski definition) is 2. The summed E-state index contributed by atoms with van der Waals surface area (Å²) in [6, 6.07) is 5.97. The maximum atomic E-state index is 10.6. The first-order valence-electron chi connectivity index (χ1n) is 3.40. The van der Waals surface area contributed by atoms with E-state index in [1.807, 2.05) is 0 Å². The van der Waals surface area contributed by atoms with E-state index in [-0.39, 0.29) is 10.6 Å². The summed E-state index contributed by atoms with van der Waals surface area (Å²) in [7, 11) is -2.72. The zero-order chi connectivity index (χ0) is 9.84. The Morgan fingerprint density at radius 2 is 2.00 bits per heavy atom. The zero-order valence-electron chi connectivity index (χ0n) is 6.64. The lowest BCUT2D eigenvalue weighted by Crippen LogP contribution is -1.94. The molecule has 5 heteroatoms. The van der Waals surface area contributed by atoms with E-state index in [1.54, 1.807) is 12.1 Å². The topological polar surface area (TPSA) is 63.6 Å². The maximum Gasteiger partial charge on any atom is 0.274 e. The summed E-state index contributed by atoms with van der Waals surface area (Å²) < 4.78 is 26.0. The Hall–Kier alpha value is -1.49. The lowest BCUT2D eigenvalue weighted by molar-refractivity contribution is 0.208. The number of para-hydroxylation sites is 1. The molecule has 70 valence electrons. The Morgan fingerprint density at radius 1 is 1.38 bits per heavy atom. The normalized spacial score (nSPS) is 9.92. The molecule has 1 N–H and O–H groups in total. The van der Waals surface area contributed by atoms with Crippen molar-refractivity contribution in [2.24, 2.45) is 0 Å². The number of aliphatic hydroxyl groups excluding tert-OH is 1. The third-order valence-electron chi connectivity index (χ3n) is 1.29. The lowest BCUT2D eigenvalue weighted by atomic mass is 10.3. The third kappa shape index (κ3) is 2.48. The van der Waals surface area contributed by atoms with Crippen LogP contribution in [0.4, 0.5) is 0 Å². The van der Waals surface area contributed by atoms with Crippen molar-refractivity contribution in [1.82, 2.24) is 0 Å². The molecular weight excluding hydrogens is 192 g/mol. The largest absolute Gasteiger partial charge is 0.481 e. The van der Waals surface area contributed by atoms with E-state index in [9.17, 15) is 8.42 Å². The summed E-state index contributed by atoms with van der Waals surface area (Å²) in [6.07, 6.45) is 0. The van der Waals surface area contributed by atoms with Crippen LogP contribution in [0, 0.1) is 0 Å². The number of benzene rings is 1. The number of aliphatic hydroxyl groups is 1. The summed E-state index contributed by atoms with van der Waals surface area (Å²) in [5.74, 6) is -0.463. The number of thiol groups is 1. The van der Waals surface area contributed by atoms with Crippen molar-refractivity contribution in [2.75, 3.05) is 0 Å². The number of ether oxygens (including phenoxy) is 1. The summed E-state index contributed by atoms with van der Waals surface area (Å²) in [5.41, 5.74) is 0. The average Bonchev–Trinajstić information content (AvgIpc) is 2.03. The van der Waals surface area contributed by atoms with Crippen molar-refractivity contribution in [1.29, 1.82) is 0 Å². The van der Waals surface area contributed by atoms with Gasteiger partial charge in [-0.1, -0.05) is 12.1 Å². The summed E-state index contributed by atoms with van der Waals surface area (Å²) >= 11 is 0. The molecule has 0 amide bonds. The molecule has 0 aliphatic heterocycles. The molecule has 0 aliphatic carbocycles. The van der Waals surface area contributed by atoms with Crippen LogP contribution in [0.25, 0.3) is 0 Å². The highest BCUT2D eigenvalue weighted by molar-refractivity contribution is 7.72. The van der Waals surface area contributed by atoms with E-state index in [2.05, 4.69) is 11.3 Å². The molecule has 1 aromatic rings. The highest BCUT2D eigenvalue weighted by Gasteiger charge is 2.05. The van der Waals surface area contributed by atoms with Crippen molar-refractivity contribution in [3.8, 4) is 5.75 Å². The Balaban J connectivity index is 3.12. The van der Waals surface area contributed by atoms with Crippen LogP contribution in [0.2, 0.25) is 0 Å². The van der Waals surface area contributed by atoms with E-state index in [1.165, 1.54) is 12.1 Å². The van der Waals surface area contributed by atoms with Gasteiger partial charge in [-0.2, -0.15) is 0 Å². The van der Waals surface area contributed by atoms with Crippen LogP contribution in [0.3, 0.4) is 0 Å². The van der Waals surface area contributed by atoms with Gasteiger partial charge in [0.2, 0.25) is 0 Å². The lowest BCUT2D eigenvalue weighted by Gasteiger charge is -2.04. The molecule has 1 aromatic carbocycles. The maximum absolute atomic E-state index is 10.6. The molecule has 0 heterocycles. The predicted octanol–water partition coefficient (Wildman–Crippen LogP) is 1.06. The predicted molar refractivity (Wildman–Crippen MR) is 47.4 cm³/mol. The molecular formula is C8H8O4S. The Labute approximate surface area is 77.0 Å². The second kappa shape index (κ2) is 3.95. The standard InChI is InChI=1S/C8H8O4S/c1-6(9)12-7-4-2-3-5-8(7)13(10)11/h2-5,9,13H,1H2. The minimum absolute atomic E-state index is 0.0210. The van der Waals surface area contributed by atoms with Crippen molar-refractivity contribution < 1.29 is 18.3 Å². The van der Waals surface area contributed by atoms with Crippen LogP contribution < -0.4 is 4.74 Å². The average molecular weight is 200 g/mol. The van der Waals surface area contributed by atoms with Gasteiger partial charge in [0.15, 0.2) is 10.7 Å². The molecule has 0 spiro atoms. The fraction of sp³-hybridized carbons (Fsp3) is 0. The van der Waals surface area contributed by atoms with Gasteiger partial charge < -0.3 is 9.84 Å². The molecule has 0 aromatic heterocycles. The van der Waals surface area contributed by atoms with Gasteiger partial charge in [0.05, 0.1) is 0 Å². The molecule has 0 saturated heterocycles. The molecule has 0 bridgehead atoms. The summed E-state index contributed by atoms with van der Waals surface area (Å²) in [4.78, 5) is 0.0210. The third-order valence-corrected chi connectivity index (χ3v) is 2.05. The Bertz CT molecular complexity index is 387. The van der Waals surface area contributed by atoms with Gasteiger partial charge in [-0.05, 0) is 18.7 Å². The van der Waals surface area contributed by atoms with Crippen molar-refractivity contribution in [3.63, 3.8) is 0 Å². The highest BCUT2D eigenvalue weighted by Crippen LogP contribution is 2.20. The fourth-order valence-electron chi connectivity index (χ4n) is 0.821. The Kier molecular flexibility index (Phi) is 2.92. The molecule has 0 fully saturated rings. The molecule has 0 unspecified atom stereocenters. The molecule has 1 rings (SSSR count). The van der Waals surface area contributed by atoms with E-state index >= 15 is 0 Å².